The quantitative estimate of drug-likeness (QED) is 0.0411. The van der Waals surface area contributed by atoms with Gasteiger partial charge >= 0.3 is 20.2 Å². The van der Waals surface area contributed by atoms with Crippen LogP contribution in [0.5, 0.6) is 5.75 Å². The maximum atomic E-state index is 15.8. The van der Waals surface area contributed by atoms with Crippen molar-refractivity contribution in [2.75, 3.05) is 12.5 Å². The van der Waals surface area contributed by atoms with Crippen molar-refractivity contribution in [2.45, 2.75) is 132 Å². The summed E-state index contributed by atoms with van der Waals surface area (Å²) in [4.78, 5) is 65.9. The first-order chi connectivity index (χ1) is 39.3. The predicted molar refractivity (Wildman–Crippen MR) is 293 cm³/mol. The summed E-state index contributed by atoms with van der Waals surface area (Å²) in [6, 6.07) is 9.26. The predicted octanol–water partition coefficient (Wildman–Crippen LogP) is 11.1. The van der Waals surface area contributed by atoms with Gasteiger partial charge < -0.3 is 4.52 Å². The molecule has 16 nitrogen and oxygen atoms in total. The zero-order chi connectivity index (χ0) is 64.1. The van der Waals surface area contributed by atoms with Gasteiger partial charge in [0, 0.05) is 82.7 Å². The molecule has 3 aromatic carbocycles. The van der Waals surface area contributed by atoms with Crippen LogP contribution in [0.15, 0.2) is 54.6 Å². The van der Waals surface area contributed by atoms with Crippen molar-refractivity contribution in [3.05, 3.63) is 128 Å². The number of benzene rings is 3. The van der Waals surface area contributed by atoms with Crippen molar-refractivity contribution >= 4 is 67.4 Å². The second-order valence-electron chi connectivity index (χ2n) is 22.9. The zero-order valence-corrected chi connectivity index (χ0v) is 50.0. The lowest BCUT2D eigenvalue weighted by Crippen LogP contribution is -2.30. The number of alkyl halides is 8. The number of fused-ring (bicyclic) bond motifs is 4. The molecule has 0 amide bonds. The Bertz CT molecular complexity index is 4150. The van der Waals surface area contributed by atoms with Crippen molar-refractivity contribution < 1.29 is 94.0 Å². The molecule has 0 radical (unpaired) electrons. The summed E-state index contributed by atoms with van der Waals surface area (Å²) in [5.41, 5.74) is -7.89. The van der Waals surface area contributed by atoms with E-state index in [1.54, 1.807) is 0 Å². The average molecular weight is 1290 g/mol. The molecule has 2 aliphatic rings. The van der Waals surface area contributed by atoms with Gasteiger partial charge in [0.15, 0.2) is 42.2 Å². The second kappa shape index (κ2) is 22.6. The number of hydrogen-bond donors (Lipinski definition) is 2. The van der Waals surface area contributed by atoms with E-state index in [1.807, 2.05) is 0 Å². The van der Waals surface area contributed by atoms with Gasteiger partial charge in [-0.1, -0.05) is 43.5 Å². The first-order valence-corrected chi connectivity index (χ1v) is 31.7. The maximum absolute atomic E-state index is 15.8. The Hall–Kier alpha value is -6.50. The number of phosphoric ester groups is 1. The van der Waals surface area contributed by atoms with E-state index in [1.165, 1.54) is 53.7 Å². The highest BCUT2D eigenvalue weighted by Crippen LogP contribution is 2.68. The molecule has 0 saturated heterocycles. The molecule has 462 valence electrons. The van der Waals surface area contributed by atoms with Crippen LogP contribution >= 0.6 is 19.4 Å². The molecule has 4 atom stereocenters. The monoisotopic (exact) mass is 1290 g/mol. The number of pyridine rings is 1. The topological polar surface area (TPSA) is 235 Å². The Morgan fingerprint density at radius 3 is 2.08 bits per heavy atom. The highest BCUT2D eigenvalue weighted by molar-refractivity contribution is 7.92. The number of nitrogens with zero attached hydrogens (tertiary/aromatic N) is 5. The molecule has 1 fully saturated rings. The summed E-state index contributed by atoms with van der Waals surface area (Å²) in [6.07, 6.45) is -12.0. The number of aryl methyl sites for hydroxylation is 1. The van der Waals surface area contributed by atoms with Crippen molar-refractivity contribution in [1.29, 1.82) is 0 Å². The molecular formula is C56H53ClF10N5O11PS2. The van der Waals surface area contributed by atoms with Crippen molar-refractivity contribution in [2.24, 2.45) is 5.92 Å². The van der Waals surface area contributed by atoms with Crippen LogP contribution in [-0.2, 0) is 82.1 Å². The molecule has 30 heteroatoms. The molecule has 6 aromatic rings. The van der Waals surface area contributed by atoms with E-state index in [-0.39, 0.29) is 67.1 Å². The van der Waals surface area contributed by atoms with Crippen LogP contribution in [-0.4, -0.2) is 92.0 Å². The van der Waals surface area contributed by atoms with Crippen molar-refractivity contribution in [3.8, 4) is 28.7 Å². The molecule has 0 aliphatic heterocycles. The fourth-order valence-electron chi connectivity index (χ4n) is 11.3. The van der Waals surface area contributed by atoms with Crippen LogP contribution in [0.25, 0.3) is 22.0 Å². The number of aromatic nitrogens is 5. The van der Waals surface area contributed by atoms with Crippen LogP contribution in [0, 0.1) is 36.3 Å². The number of carbonyl (C=O) groups excluding carboxylic acids is 3. The van der Waals surface area contributed by atoms with Crippen LogP contribution < -0.4 is 4.52 Å². The normalized spacial score (nSPS) is 16.9. The lowest BCUT2D eigenvalue weighted by molar-refractivity contribution is -0.143. The first-order valence-electron chi connectivity index (χ1n) is 25.9. The van der Waals surface area contributed by atoms with Gasteiger partial charge in [-0.2, -0.15) is 45.3 Å². The van der Waals surface area contributed by atoms with Crippen LogP contribution in [0.1, 0.15) is 127 Å². The van der Waals surface area contributed by atoms with Gasteiger partial charge in [-0.15, -0.1) is 0 Å². The van der Waals surface area contributed by atoms with Gasteiger partial charge in [0.25, 0.3) is 5.92 Å². The van der Waals surface area contributed by atoms with E-state index >= 15 is 17.6 Å². The van der Waals surface area contributed by atoms with Gasteiger partial charge in [-0.3, -0.25) is 33.5 Å². The van der Waals surface area contributed by atoms with Gasteiger partial charge in [-0.05, 0) is 105 Å². The number of rotatable bonds is 20. The molecule has 0 spiro atoms. The summed E-state index contributed by atoms with van der Waals surface area (Å²) in [6.45, 7) is 4.65. The zero-order valence-electron chi connectivity index (χ0n) is 46.7. The first kappa shape index (κ1) is 65.5. The maximum Gasteiger partial charge on any atom is 0.524 e. The fraction of sp³-hybridized carbons (Fsp3) is 0.429. The molecule has 2 aliphatic carbocycles. The molecule has 3 aromatic heterocycles. The number of carbonyl (C=O) groups is 3. The Labute approximate surface area is 490 Å². The van der Waals surface area contributed by atoms with Gasteiger partial charge in [0.05, 0.1) is 21.9 Å². The molecule has 0 bridgehead atoms. The standard InChI is InChI=1S/C56H53ClF10N5O11PS2/c1-27-15-29(16-28(2)73)20-42(83-84(76,77)78)45(27)52(3,4)24-41(75)49(85(7,79)80)47-44-40(57)12-11-37(48(44)72(69-47)26-54(60,61)62)36-10-9-34(13-14-53(5,6)86(8,81)82)68-46(36)31(17-30-18-32(58)22-33(59)19-30)21-35(74)25-71-51-43(50(70-71)56(65,66)67)38-23-39(38)55(51,63)64/h9-12,15,18-20,22,31,38-39,49H,16-17,21,23-26H2,1-8H3,(H2,76,77,78)/t31-,38+,39-,49?/m1/s1. The van der Waals surface area contributed by atoms with E-state index in [0.29, 0.717) is 12.3 Å². The molecule has 1 saturated carbocycles. The highest BCUT2D eigenvalue weighted by Gasteiger charge is 2.68. The van der Waals surface area contributed by atoms with E-state index in [0.717, 1.165) is 42.7 Å². The summed E-state index contributed by atoms with van der Waals surface area (Å²) in [5.74, 6) is -8.55. The minimum Gasteiger partial charge on any atom is -0.404 e. The van der Waals surface area contributed by atoms with E-state index < -0.39 is 185 Å². The summed E-state index contributed by atoms with van der Waals surface area (Å²) >= 11 is 6.84. The lowest BCUT2D eigenvalue weighted by atomic mass is 9.76. The fourth-order valence-corrected chi connectivity index (χ4v) is 13.3. The third-order valence-corrected chi connectivity index (χ3v) is 19.0. The minimum atomic E-state index is -5.38. The number of sulfone groups is 2. The Morgan fingerprint density at radius 1 is 0.884 bits per heavy atom. The molecule has 86 heavy (non-hydrogen) atoms. The Morgan fingerprint density at radius 2 is 1.51 bits per heavy atom. The second-order valence-corrected chi connectivity index (χ2v) is 29.1. The lowest BCUT2D eigenvalue weighted by Gasteiger charge is -2.30. The number of ketones is 3. The molecule has 1 unspecified atom stereocenters. The summed E-state index contributed by atoms with van der Waals surface area (Å²) in [7, 11) is -14.2. The number of Topliss-reactive ketones (excluding diaryl/α,β-unsaturated/α-hetero) is 3. The third-order valence-electron chi connectivity index (χ3n) is 14.9. The summed E-state index contributed by atoms with van der Waals surface area (Å²) < 4.78 is 219. The Balaban J connectivity index is 1.35. The van der Waals surface area contributed by atoms with E-state index in [9.17, 15) is 71.9 Å². The molecular weight excluding hydrogens is 1240 g/mol. The van der Waals surface area contributed by atoms with Gasteiger partial charge in [0.2, 0.25) is 0 Å². The summed E-state index contributed by atoms with van der Waals surface area (Å²) in [5, 5.41) is 3.99. The highest BCUT2D eigenvalue weighted by atomic mass is 35.5. The number of phosphoric acid groups is 1. The van der Waals surface area contributed by atoms with Gasteiger partial charge in [-0.25, -0.2) is 35.2 Å². The SMILES string of the molecule is CC(=O)Cc1cc(C)c(C(C)(C)CC(=O)C(c2nn(CC(F)(F)F)c3c(-c4ccc(C#CC(C)(C)S(C)(=O)=O)nc4[C@@H](CC(=O)Cn4nc(C(F)(F)F)c5c4C(F)(F)[C@@H]4C[C@H]54)Cc4cc(F)cc(F)c4)ccc(Cl)c23)S(C)(=O)=O)c(OP(=O)(O)O)c1. The van der Waals surface area contributed by atoms with Crippen LogP contribution in [0.2, 0.25) is 5.02 Å². The molecule has 8 rings (SSSR count). The average Bonchev–Trinajstić information content (AvgIpc) is 1.52. The smallest absolute Gasteiger partial charge is 0.404 e. The minimum absolute atomic E-state index is 0.0439. The van der Waals surface area contributed by atoms with Gasteiger partial charge in [0.1, 0.15) is 52.4 Å². The van der Waals surface area contributed by atoms with E-state index in [2.05, 4.69) is 27.0 Å². The molecule has 3 heterocycles. The van der Waals surface area contributed by atoms with Crippen molar-refractivity contribution in [3.63, 3.8) is 0 Å². The largest absolute Gasteiger partial charge is 0.524 e. The van der Waals surface area contributed by atoms with E-state index in [4.69, 9.17) is 16.1 Å². The molecule has 2 N–H and O–H groups in total. The van der Waals surface area contributed by atoms with Crippen LogP contribution in [0.3, 0.4) is 0 Å². The number of halogens is 11. The number of hydrogen-bond acceptors (Lipinski definition) is 12. The van der Waals surface area contributed by atoms with Crippen LogP contribution in [0.4, 0.5) is 43.9 Å². The Kier molecular flexibility index (Phi) is 17.2. The van der Waals surface area contributed by atoms with Crippen molar-refractivity contribution in [1.82, 2.24) is 24.5 Å². The third kappa shape index (κ3) is 13.8.